The van der Waals surface area contributed by atoms with E-state index in [1.165, 1.54) is 22.0 Å². The largest absolute Gasteiger partial charge is 0.343 e. The van der Waals surface area contributed by atoms with Crippen LogP contribution in [0.3, 0.4) is 0 Å². The molecule has 1 N–H and O–H groups in total. The van der Waals surface area contributed by atoms with Gasteiger partial charge in [0.15, 0.2) is 0 Å². The lowest BCUT2D eigenvalue weighted by atomic mass is 9.97. The zero-order valence-corrected chi connectivity index (χ0v) is 16.6. The summed E-state index contributed by atoms with van der Waals surface area (Å²) in [5.41, 5.74) is 6.83. The highest BCUT2D eigenvalue weighted by Gasteiger charge is 2.37. The van der Waals surface area contributed by atoms with Crippen LogP contribution in [0.5, 0.6) is 0 Å². The van der Waals surface area contributed by atoms with Gasteiger partial charge in [-0.15, -0.1) is 0 Å². The summed E-state index contributed by atoms with van der Waals surface area (Å²) in [6, 6.07) is 26.9. The van der Waals surface area contributed by atoms with Gasteiger partial charge in [-0.3, -0.25) is 4.90 Å². The third-order valence-corrected chi connectivity index (χ3v) is 5.82. The second-order valence-corrected chi connectivity index (χ2v) is 7.61. The van der Waals surface area contributed by atoms with E-state index in [0.717, 1.165) is 16.9 Å². The van der Waals surface area contributed by atoms with Gasteiger partial charge in [0.25, 0.3) is 0 Å². The lowest BCUT2D eigenvalue weighted by Crippen LogP contribution is -2.29. The summed E-state index contributed by atoms with van der Waals surface area (Å²) < 4.78 is 2.25. The Balaban J connectivity index is 1.77. The van der Waals surface area contributed by atoms with Crippen LogP contribution in [0.15, 0.2) is 78.9 Å². The van der Waals surface area contributed by atoms with E-state index in [9.17, 15) is 4.79 Å². The van der Waals surface area contributed by atoms with E-state index in [0.29, 0.717) is 6.54 Å². The van der Waals surface area contributed by atoms with E-state index in [2.05, 4.69) is 72.4 Å². The fourth-order valence-corrected chi connectivity index (χ4v) is 4.44. The number of rotatable bonds is 3. The topological polar surface area (TPSA) is 37.3 Å². The maximum Gasteiger partial charge on any atom is 0.322 e. The number of benzene rings is 3. The lowest BCUT2D eigenvalue weighted by Gasteiger charge is -2.24. The molecule has 0 radical (unpaired) electrons. The van der Waals surface area contributed by atoms with Crippen molar-refractivity contribution in [1.29, 1.82) is 0 Å². The first-order valence-electron chi connectivity index (χ1n) is 9.91. The normalized spacial score (nSPS) is 16.4. The number of hydrogen-bond donors (Lipinski definition) is 1. The van der Waals surface area contributed by atoms with Gasteiger partial charge in [0.2, 0.25) is 0 Å². The summed E-state index contributed by atoms with van der Waals surface area (Å²) in [7, 11) is 2.11. The number of carbonyl (C=O) groups excluding carboxylic acids is 1. The number of fused-ring (bicyclic) bond motifs is 1. The second kappa shape index (κ2) is 6.82. The molecule has 29 heavy (non-hydrogen) atoms. The minimum atomic E-state index is -0.0766. The van der Waals surface area contributed by atoms with Gasteiger partial charge in [0.05, 0.1) is 11.7 Å². The van der Waals surface area contributed by atoms with Crippen molar-refractivity contribution in [2.24, 2.45) is 7.05 Å². The molecule has 4 nitrogen and oxygen atoms in total. The van der Waals surface area contributed by atoms with E-state index in [-0.39, 0.29) is 12.1 Å². The number of aryl methyl sites for hydroxylation is 2. The molecule has 1 aliphatic heterocycles. The third kappa shape index (κ3) is 2.80. The maximum absolute atomic E-state index is 12.8. The Hall–Kier alpha value is -3.53. The van der Waals surface area contributed by atoms with E-state index in [1.54, 1.807) is 0 Å². The molecule has 144 valence electrons. The number of carbonyl (C=O) groups is 1. The van der Waals surface area contributed by atoms with Crippen molar-refractivity contribution in [2.75, 3.05) is 11.4 Å². The number of aromatic nitrogens is 1. The Bertz CT molecular complexity index is 1190. The standard InChI is InChI=1S/C25H23N3O/c1-17-12-14-18(15-13-17)24-23(20-10-6-7-11-21(20)27(24)2)22-16-26-25(29)28(22)19-8-4-3-5-9-19/h3-15,22H,16H2,1-2H3,(H,26,29). The van der Waals surface area contributed by atoms with Crippen molar-refractivity contribution in [3.63, 3.8) is 0 Å². The lowest BCUT2D eigenvalue weighted by molar-refractivity contribution is 0.251. The van der Waals surface area contributed by atoms with Crippen LogP contribution in [-0.4, -0.2) is 17.1 Å². The number of urea groups is 1. The molecule has 1 atom stereocenters. The zero-order valence-electron chi connectivity index (χ0n) is 16.6. The zero-order chi connectivity index (χ0) is 20.0. The maximum atomic E-state index is 12.8. The quantitative estimate of drug-likeness (QED) is 0.505. The molecule has 1 saturated heterocycles. The van der Waals surface area contributed by atoms with E-state index in [1.807, 2.05) is 35.2 Å². The minimum Gasteiger partial charge on any atom is -0.343 e. The highest BCUT2D eigenvalue weighted by Crippen LogP contribution is 2.41. The summed E-state index contributed by atoms with van der Waals surface area (Å²) in [6.07, 6.45) is 0. The van der Waals surface area contributed by atoms with Crippen molar-refractivity contribution in [3.05, 3.63) is 90.0 Å². The first-order valence-corrected chi connectivity index (χ1v) is 9.91. The molecule has 1 aliphatic rings. The third-order valence-electron chi connectivity index (χ3n) is 5.82. The number of hydrogen-bond acceptors (Lipinski definition) is 1. The van der Waals surface area contributed by atoms with Crippen LogP contribution in [0.1, 0.15) is 17.2 Å². The first kappa shape index (κ1) is 17.6. The molecule has 1 unspecified atom stereocenters. The van der Waals surface area contributed by atoms with Gasteiger partial charge in [-0.1, -0.05) is 66.2 Å². The van der Waals surface area contributed by atoms with Gasteiger partial charge in [-0.05, 0) is 30.7 Å². The number of amides is 2. The van der Waals surface area contributed by atoms with Crippen LogP contribution in [0.25, 0.3) is 22.2 Å². The molecule has 1 fully saturated rings. The van der Waals surface area contributed by atoms with Crippen LogP contribution in [0.2, 0.25) is 0 Å². The van der Waals surface area contributed by atoms with Crippen LogP contribution in [0.4, 0.5) is 10.5 Å². The summed E-state index contributed by atoms with van der Waals surface area (Å²) in [4.78, 5) is 14.7. The molecule has 0 spiro atoms. The Morgan fingerprint density at radius 1 is 0.897 bits per heavy atom. The second-order valence-electron chi connectivity index (χ2n) is 7.61. The fraction of sp³-hybridized carbons (Fsp3) is 0.160. The van der Waals surface area contributed by atoms with Crippen molar-refractivity contribution in [1.82, 2.24) is 9.88 Å². The molecule has 0 saturated carbocycles. The van der Waals surface area contributed by atoms with Gasteiger partial charge >= 0.3 is 6.03 Å². The van der Waals surface area contributed by atoms with E-state index < -0.39 is 0 Å². The van der Waals surface area contributed by atoms with Crippen molar-refractivity contribution >= 4 is 22.6 Å². The molecule has 2 heterocycles. The number of para-hydroxylation sites is 2. The number of nitrogens with one attached hydrogen (secondary N) is 1. The number of nitrogens with zero attached hydrogens (tertiary/aromatic N) is 2. The van der Waals surface area contributed by atoms with Crippen LogP contribution >= 0.6 is 0 Å². The molecule has 4 heteroatoms. The predicted octanol–water partition coefficient (Wildman–Crippen LogP) is 5.42. The fourth-order valence-electron chi connectivity index (χ4n) is 4.44. The molecule has 4 aromatic rings. The average Bonchev–Trinajstić information content (AvgIpc) is 3.27. The van der Waals surface area contributed by atoms with Crippen molar-refractivity contribution < 1.29 is 4.79 Å². The van der Waals surface area contributed by atoms with Crippen LogP contribution in [-0.2, 0) is 7.05 Å². The van der Waals surface area contributed by atoms with Gasteiger partial charge in [0, 0.05) is 35.7 Å². The van der Waals surface area contributed by atoms with Crippen molar-refractivity contribution in [3.8, 4) is 11.3 Å². The Morgan fingerprint density at radius 3 is 2.34 bits per heavy atom. The SMILES string of the molecule is Cc1ccc(-c2c(C3CNC(=O)N3c3ccccc3)c3ccccc3n2C)cc1. The summed E-state index contributed by atoms with van der Waals surface area (Å²) in [6.45, 7) is 2.68. The smallest absolute Gasteiger partial charge is 0.322 e. The first-order chi connectivity index (χ1) is 14.1. The van der Waals surface area contributed by atoms with Crippen molar-refractivity contribution in [2.45, 2.75) is 13.0 Å². The summed E-state index contributed by atoms with van der Waals surface area (Å²) in [5, 5.41) is 4.24. The molecule has 0 aliphatic carbocycles. The van der Waals surface area contributed by atoms with Crippen LogP contribution < -0.4 is 10.2 Å². The van der Waals surface area contributed by atoms with E-state index >= 15 is 0 Å². The average molecular weight is 381 g/mol. The Kier molecular flexibility index (Phi) is 4.13. The van der Waals surface area contributed by atoms with Gasteiger partial charge in [0.1, 0.15) is 0 Å². The Labute approximate surface area is 170 Å². The molecule has 0 bridgehead atoms. The van der Waals surface area contributed by atoms with Gasteiger partial charge < -0.3 is 9.88 Å². The highest BCUT2D eigenvalue weighted by molar-refractivity contribution is 5.99. The minimum absolute atomic E-state index is 0.0519. The van der Waals surface area contributed by atoms with Gasteiger partial charge in [-0.25, -0.2) is 4.79 Å². The molecular formula is C25H23N3O. The molecule has 5 rings (SSSR count). The summed E-state index contributed by atoms with van der Waals surface area (Å²) >= 11 is 0. The predicted molar refractivity (Wildman–Crippen MR) is 118 cm³/mol. The Morgan fingerprint density at radius 2 is 1.59 bits per heavy atom. The highest BCUT2D eigenvalue weighted by atomic mass is 16.2. The number of anilines is 1. The molecular weight excluding hydrogens is 358 g/mol. The van der Waals surface area contributed by atoms with Crippen LogP contribution in [0, 0.1) is 6.92 Å². The molecule has 1 aromatic heterocycles. The van der Waals surface area contributed by atoms with E-state index in [4.69, 9.17) is 0 Å². The van der Waals surface area contributed by atoms with Gasteiger partial charge in [-0.2, -0.15) is 0 Å². The molecule has 2 amide bonds. The summed E-state index contributed by atoms with van der Waals surface area (Å²) in [5.74, 6) is 0. The molecule has 3 aromatic carbocycles. The monoisotopic (exact) mass is 381 g/mol.